The van der Waals surface area contributed by atoms with Gasteiger partial charge in [0.15, 0.2) is 5.82 Å². The minimum absolute atomic E-state index is 0.0186. The fourth-order valence-electron chi connectivity index (χ4n) is 6.12. The lowest BCUT2D eigenvalue weighted by Gasteiger charge is -2.34. The highest BCUT2D eigenvalue weighted by Crippen LogP contribution is 2.32. The van der Waals surface area contributed by atoms with Gasteiger partial charge in [-0.2, -0.15) is 5.10 Å². The molecule has 44 heavy (non-hydrogen) atoms. The van der Waals surface area contributed by atoms with Gasteiger partial charge in [-0.15, -0.1) is 0 Å². The van der Waals surface area contributed by atoms with E-state index in [0.717, 1.165) is 59.8 Å². The molecular weight excluding hydrogens is 580 g/mol. The number of anilines is 2. The van der Waals surface area contributed by atoms with E-state index in [1.54, 1.807) is 9.42 Å². The number of rotatable bonds is 7. The van der Waals surface area contributed by atoms with Gasteiger partial charge < -0.3 is 15.0 Å². The van der Waals surface area contributed by atoms with Crippen LogP contribution >= 0.6 is 0 Å². The third-order valence-electron chi connectivity index (χ3n) is 8.28. The van der Waals surface area contributed by atoms with Crippen LogP contribution < -0.4 is 10.0 Å². The van der Waals surface area contributed by atoms with Crippen LogP contribution in [-0.2, 0) is 21.2 Å². The van der Waals surface area contributed by atoms with Crippen LogP contribution in [0.2, 0.25) is 0 Å². The van der Waals surface area contributed by atoms with E-state index in [4.69, 9.17) is 9.72 Å². The van der Waals surface area contributed by atoms with Crippen LogP contribution in [0.4, 0.5) is 16.6 Å². The third-order valence-corrected chi connectivity index (χ3v) is 10.1. The molecule has 1 aliphatic heterocycles. The number of aryl methyl sites for hydroxylation is 1. The minimum Gasteiger partial charge on any atom is -0.444 e. The summed E-state index contributed by atoms with van der Waals surface area (Å²) in [6.07, 6.45) is 8.61. The maximum absolute atomic E-state index is 13.0. The lowest BCUT2D eigenvalue weighted by atomic mass is 10.0. The van der Waals surface area contributed by atoms with Crippen molar-refractivity contribution in [2.24, 2.45) is 0 Å². The summed E-state index contributed by atoms with van der Waals surface area (Å²) >= 11 is 0. The number of likely N-dealkylation sites (tertiary alicyclic amines) is 1. The number of aromatic nitrogens is 5. The number of hydrogen-bond acceptors (Lipinski definition) is 9. The number of fused-ring (bicyclic) bond motifs is 2. The number of nitrogens with one attached hydrogen (secondary N) is 2. The Morgan fingerprint density at radius 3 is 2.64 bits per heavy atom. The average molecular weight is 621 g/mol. The number of benzene rings is 1. The molecule has 1 saturated carbocycles. The smallest absolute Gasteiger partial charge is 0.410 e. The van der Waals surface area contributed by atoms with Crippen molar-refractivity contribution < 1.29 is 17.9 Å². The first kappa shape index (κ1) is 30.0. The van der Waals surface area contributed by atoms with Gasteiger partial charge in [-0.3, -0.25) is 4.72 Å². The number of amides is 1. The first-order valence-electron chi connectivity index (χ1n) is 15.4. The van der Waals surface area contributed by atoms with Crippen LogP contribution in [0.1, 0.15) is 71.8 Å². The van der Waals surface area contributed by atoms with Crippen molar-refractivity contribution in [3.63, 3.8) is 0 Å². The second kappa shape index (κ2) is 11.8. The monoisotopic (exact) mass is 620 g/mol. The Balaban J connectivity index is 1.24. The Bertz CT molecular complexity index is 1790. The average Bonchev–Trinajstić information content (AvgIpc) is 3.68. The first-order valence-corrected chi connectivity index (χ1v) is 16.9. The van der Waals surface area contributed by atoms with Crippen molar-refractivity contribution in [1.82, 2.24) is 29.5 Å². The summed E-state index contributed by atoms with van der Waals surface area (Å²) in [5, 5.41) is 8.38. The first-order chi connectivity index (χ1) is 21.0. The summed E-state index contributed by atoms with van der Waals surface area (Å²) in [6.45, 7) is 8.89. The molecule has 4 heterocycles. The fourth-order valence-corrected chi connectivity index (χ4v) is 7.67. The summed E-state index contributed by atoms with van der Waals surface area (Å²) in [4.78, 5) is 28.1. The standard InChI is InChI=1S/C31H40N8O4S/c1-5-20-15-21(25-12-13-26-28(33-19-34-39(25)26)37-44(41,42)24-10-6-7-11-24)16-22-17-32-29(36-27(20)22)35-23-9-8-14-38(18-23)30(40)43-31(2,3)4/h12-13,15-17,19,23-24H,5-11,14,18H2,1-4H3,(H,32,35,36)(H,33,34,37)/t23-/m0/s1. The van der Waals surface area contributed by atoms with Crippen molar-refractivity contribution >= 4 is 44.3 Å². The molecule has 13 heteroatoms. The molecule has 0 radical (unpaired) electrons. The summed E-state index contributed by atoms with van der Waals surface area (Å²) in [7, 11) is -3.53. The summed E-state index contributed by atoms with van der Waals surface area (Å²) in [5.74, 6) is 0.803. The maximum Gasteiger partial charge on any atom is 0.410 e. The minimum atomic E-state index is -3.53. The molecule has 1 atom stereocenters. The highest BCUT2D eigenvalue weighted by atomic mass is 32.2. The van der Waals surface area contributed by atoms with E-state index in [0.29, 0.717) is 37.4 Å². The number of nitrogens with zero attached hydrogens (tertiary/aromatic N) is 6. The zero-order valence-electron chi connectivity index (χ0n) is 25.7. The Labute approximate surface area is 257 Å². The molecule has 1 saturated heterocycles. The lowest BCUT2D eigenvalue weighted by molar-refractivity contribution is 0.0206. The highest BCUT2D eigenvalue weighted by Gasteiger charge is 2.30. The van der Waals surface area contributed by atoms with Gasteiger partial charge in [0, 0.05) is 36.3 Å². The molecule has 4 aromatic rings. The van der Waals surface area contributed by atoms with Crippen molar-refractivity contribution in [3.8, 4) is 11.3 Å². The van der Waals surface area contributed by atoms with Gasteiger partial charge in [0.2, 0.25) is 16.0 Å². The van der Waals surface area contributed by atoms with E-state index in [-0.39, 0.29) is 23.2 Å². The van der Waals surface area contributed by atoms with Crippen LogP contribution in [0.3, 0.4) is 0 Å². The predicted octanol–water partition coefficient (Wildman–Crippen LogP) is 5.40. The topological polar surface area (TPSA) is 144 Å². The third kappa shape index (κ3) is 6.28. The Hall–Kier alpha value is -4.00. The molecule has 0 spiro atoms. The van der Waals surface area contributed by atoms with Gasteiger partial charge in [-0.1, -0.05) is 19.8 Å². The molecule has 2 aliphatic rings. The highest BCUT2D eigenvalue weighted by molar-refractivity contribution is 7.93. The number of piperidine rings is 1. The summed E-state index contributed by atoms with van der Waals surface area (Å²) < 4.78 is 36.0. The van der Waals surface area contributed by atoms with Crippen molar-refractivity contribution in [1.29, 1.82) is 0 Å². The zero-order chi connectivity index (χ0) is 31.1. The number of carbonyl (C=O) groups is 1. The van der Waals surface area contributed by atoms with Crippen LogP contribution in [0.5, 0.6) is 0 Å². The van der Waals surface area contributed by atoms with Gasteiger partial charge in [0.25, 0.3) is 0 Å². The molecule has 1 aliphatic carbocycles. The summed E-state index contributed by atoms with van der Waals surface area (Å²) in [5.41, 5.74) is 3.69. The van der Waals surface area contributed by atoms with E-state index in [1.165, 1.54) is 6.33 Å². The number of sulfonamides is 1. The van der Waals surface area contributed by atoms with Crippen molar-refractivity contribution in [2.45, 2.75) is 89.5 Å². The van der Waals surface area contributed by atoms with Gasteiger partial charge >= 0.3 is 6.09 Å². The molecule has 2 fully saturated rings. The quantitative estimate of drug-likeness (QED) is 0.278. The van der Waals surface area contributed by atoms with E-state index >= 15 is 0 Å². The van der Waals surface area contributed by atoms with E-state index in [2.05, 4.69) is 38.1 Å². The molecule has 3 aromatic heterocycles. The molecule has 12 nitrogen and oxygen atoms in total. The molecule has 2 N–H and O–H groups in total. The van der Waals surface area contributed by atoms with E-state index in [9.17, 15) is 13.2 Å². The van der Waals surface area contributed by atoms with Crippen LogP contribution in [0, 0.1) is 0 Å². The Morgan fingerprint density at radius 2 is 1.89 bits per heavy atom. The van der Waals surface area contributed by atoms with Gasteiger partial charge in [-0.25, -0.2) is 32.7 Å². The summed E-state index contributed by atoms with van der Waals surface area (Å²) in [6, 6.07) is 7.90. The second-order valence-corrected chi connectivity index (χ2v) is 14.7. The number of hydrogen-bond donors (Lipinski definition) is 2. The molecule has 0 unspecified atom stereocenters. The largest absolute Gasteiger partial charge is 0.444 e. The number of ether oxygens (including phenoxy) is 1. The molecule has 1 amide bonds. The molecular formula is C31H40N8O4S. The SMILES string of the molecule is CCc1cc(-c2ccc3c(NS(=O)(=O)C4CCCC4)ncnn23)cc2cnc(N[C@H]3CCCN(C(=O)OC(C)(C)C)C3)nc12. The van der Waals surface area contributed by atoms with Gasteiger partial charge in [0.1, 0.15) is 17.4 Å². The predicted molar refractivity (Wildman–Crippen MR) is 170 cm³/mol. The molecule has 0 bridgehead atoms. The van der Waals surface area contributed by atoms with Gasteiger partial charge in [0.05, 0.1) is 16.5 Å². The van der Waals surface area contributed by atoms with Crippen LogP contribution in [-0.4, -0.2) is 74.0 Å². The van der Waals surface area contributed by atoms with Gasteiger partial charge in [-0.05, 0) is 82.7 Å². The van der Waals surface area contributed by atoms with Crippen LogP contribution in [0.15, 0.2) is 36.8 Å². The molecule has 234 valence electrons. The molecule has 6 rings (SSSR count). The maximum atomic E-state index is 13.0. The van der Waals surface area contributed by atoms with Crippen molar-refractivity contribution in [2.75, 3.05) is 23.1 Å². The molecule has 1 aromatic carbocycles. The van der Waals surface area contributed by atoms with E-state index in [1.807, 2.05) is 45.2 Å². The van der Waals surface area contributed by atoms with E-state index < -0.39 is 15.6 Å². The zero-order valence-corrected chi connectivity index (χ0v) is 26.5. The number of carbonyl (C=O) groups excluding carboxylic acids is 1. The lowest BCUT2D eigenvalue weighted by Crippen LogP contribution is -2.47. The van der Waals surface area contributed by atoms with Crippen molar-refractivity contribution in [3.05, 3.63) is 42.4 Å². The fraction of sp³-hybridized carbons (Fsp3) is 0.516. The Morgan fingerprint density at radius 1 is 1.09 bits per heavy atom. The second-order valence-electron chi connectivity index (χ2n) is 12.7. The Kier molecular flexibility index (Phi) is 8.08. The normalized spacial score (nSPS) is 18.2. The van der Waals surface area contributed by atoms with Crippen LogP contribution in [0.25, 0.3) is 27.7 Å².